The number of halogens is 1. The van der Waals surface area contributed by atoms with Crippen LogP contribution in [0.1, 0.15) is 37.0 Å². The first kappa shape index (κ1) is 18.5. The number of nitrogens with zero attached hydrogens (tertiary/aromatic N) is 5. The summed E-state index contributed by atoms with van der Waals surface area (Å²) in [7, 11) is 0. The molecule has 26 heavy (non-hydrogen) atoms. The molecule has 3 heterocycles. The van der Waals surface area contributed by atoms with Gasteiger partial charge in [0.2, 0.25) is 5.91 Å². The highest BCUT2D eigenvalue weighted by atomic mass is 79.9. The molecule has 1 aliphatic rings. The molecular formula is C17H21BrN6O2. The minimum Gasteiger partial charge on any atom is -0.354 e. The summed E-state index contributed by atoms with van der Waals surface area (Å²) in [5, 5.41) is 10.5. The molecule has 0 bridgehead atoms. The van der Waals surface area contributed by atoms with Crippen LogP contribution < -0.4 is 5.32 Å². The second-order valence-electron chi connectivity index (χ2n) is 6.63. The van der Waals surface area contributed by atoms with Gasteiger partial charge in [0.1, 0.15) is 12.7 Å². The van der Waals surface area contributed by atoms with Crippen molar-refractivity contribution in [3.05, 3.63) is 35.0 Å². The van der Waals surface area contributed by atoms with Crippen molar-refractivity contribution >= 4 is 27.7 Å². The van der Waals surface area contributed by atoms with Crippen LogP contribution in [-0.2, 0) is 4.79 Å². The fourth-order valence-electron chi connectivity index (χ4n) is 2.98. The Morgan fingerprint density at radius 1 is 1.23 bits per heavy atom. The number of nitrogens with one attached hydrogen (secondary N) is 1. The van der Waals surface area contributed by atoms with Crippen molar-refractivity contribution in [1.29, 1.82) is 0 Å². The van der Waals surface area contributed by atoms with Gasteiger partial charge in [-0.3, -0.25) is 14.2 Å². The standard InChI is InChI=1S/C17H21BrN6O2/c1-11(2)22-16(25)12-3-5-23(6-4-12)17(26)13-7-14(18)15(19-8-13)24-9-20-21-10-24/h7-12H,3-6H2,1-2H3,(H,22,25). The zero-order chi connectivity index (χ0) is 18.7. The molecule has 0 saturated carbocycles. The van der Waals surface area contributed by atoms with Crippen molar-refractivity contribution < 1.29 is 9.59 Å². The summed E-state index contributed by atoms with van der Waals surface area (Å²) in [5.41, 5.74) is 0.513. The van der Waals surface area contributed by atoms with Crippen molar-refractivity contribution in [2.75, 3.05) is 13.1 Å². The van der Waals surface area contributed by atoms with Crippen molar-refractivity contribution in [2.24, 2.45) is 5.92 Å². The fraction of sp³-hybridized carbons (Fsp3) is 0.471. The lowest BCUT2D eigenvalue weighted by molar-refractivity contribution is -0.126. The lowest BCUT2D eigenvalue weighted by atomic mass is 9.95. The van der Waals surface area contributed by atoms with Gasteiger partial charge in [0, 0.05) is 31.2 Å². The first-order valence-corrected chi connectivity index (χ1v) is 9.35. The number of hydrogen-bond donors (Lipinski definition) is 1. The monoisotopic (exact) mass is 420 g/mol. The van der Waals surface area contributed by atoms with Gasteiger partial charge in [0.15, 0.2) is 5.82 Å². The molecule has 2 aromatic heterocycles. The molecule has 1 saturated heterocycles. The molecule has 1 N–H and O–H groups in total. The van der Waals surface area contributed by atoms with Crippen LogP contribution in [0.4, 0.5) is 0 Å². The van der Waals surface area contributed by atoms with E-state index in [-0.39, 0.29) is 23.8 Å². The third kappa shape index (κ3) is 4.09. The first-order valence-electron chi connectivity index (χ1n) is 8.56. The Bertz CT molecular complexity index is 785. The van der Waals surface area contributed by atoms with E-state index in [0.29, 0.717) is 41.8 Å². The molecule has 8 nitrogen and oxygen atoms in total. The molecule has 0 spiro atoms. The Balaban J connectivity index is 1.64. The van der Waals surface area contributed by atoms with E-state index in [2.05, 4.69) is 36.4 Å². The third-order valence-electron chi connectivity index (χ3n) is 4.32. The van der Waals surface area contributed by atoms with Gasteiger partial charge in [0.05, 0.1) is 10.0 Å². The quantitative estimate of drug-likeness (QED) is 0.813. The van der Waals surface area contributed by atoms with Gasteiger partial charge in [-0.1, -0.05) is 0 Å². The number of carbonyl (C=O) groups is 2. The van der Waals surface area contributed by atoms with Crippen LogP contribution in [0.5, 0.6) is 0 Å². The summed E-state index contributed by atoms with van der Waals surface area (Å²) in [5.74, 6) is 0.601. The molecule has 2 amide bonds. The molecule has 0 aliphatic carbocycles. The zero-order valence-corrected chi connectivity index (χ0v) is 16.3. The second-order valence-corrected chi connectivity index (χ2v) is 7.48. The molecular weight excluding hydrogens is 400 g/mol. The molecule has 0 atom stereocenters. The summed E-state index contributed by atoms with van der Waals surface area (Å²) in [6.45, 7) is 5.04. The van der Waals surface area contributed by atoms with Crippen LogP contribution in [-0.4, -0.2) is 55.6 Å². The number of hydrogen-bond acceptors (Lipinski definition) is 5. The molecule has 3 rings (SSSR count). The van der Waals surface area contributed by atoms with E-state index in [4.69, 9.17) is 0 Å². The van der Waals surface area contributed by atoms with Crippen LogP contribution in [0.3, 0.4) is 0 Å². The fourth-order valence-corrected chi connectivity index (χ4v) is 3.53. The van der Waals surface area contributed by atoms with Gasteiger partial charge >= 0.3 is 0 Å². The molecule has 1 fully saturated rings. The Kier molecular flexibility index (Phi) is 5.65. The number of pyridine rings is 1. The number of piperidine rings is 1. The SMILES string of the molecule is CC(C)NC(=O)C1CCN(C(=O)c2cnc(-n3cnnc3)c(Br)c2)CC1. The smallest absolute Gasteiger partial charge is 0.255 e. The minimum atomic E-state index is -0.0729. The molecule has 9 heteroatoms. The highest BCUT2D eigenvalue weighted by molar-refractivity contribution is 9.10. The molecule has 0 unspecified atom stereocenters. The summed E-state index contributed by atoms with van der Waals surface area (Å²) in [6.07, 6.45) is 6.00. The predicted octanol–water partition coefficient (Wildman–Crippen LogP) is 1.80. The first-order chi connectivity index (χ1) is 12.5. The zero-order valence-electron chi connectivity index (χ0n) is 14.7. The van der Waals surface area contributed by atoms with Crippen LogP contribution in [0.2, 0.25) is 0 Å². The average Bonchev–Trinajstić information content (AvgIpc) is 3.15. The minimum absolute atomic E-state index is 0.0255. The van der Waals surface area contributed by atoms with Crippen LogP contribution in [0, 0.1) is 5.92 Å². The van der Waals surface area contributed by atoms with Crippen LogP contribution >= 0.6 is 15.9 Å². The van der Waals surface area contributed by atoms with E-state index >= 15 is 0 Å². The number of rotatable bonds is 4. The number of amides is 2. The molecule has 138 valence electrons. The van der Waals surface area contributed by atoms with Crippen molar-refractivity contribution in [3.63, 3.8) is 0 Å². The molecule has 0 radical (unpaired) electrons. The Labute approximate surface area is 160 Å². The van der Waals surface area contributed by atoms with Crippen LogP contribution in [0.25, 0.3) is 5.82 Å². The third-order valence-corrected chi connectivity index (χ3v) is 4.90. The lowest BCUT2D eigenvalue weighted by Gasteiger charge is -2.31. The van der Waals surface area contributed by atoms with Gasteiger partial charge in [0.25, 0.3) is 5.91 Å². The van der Waals surface area contributed by atoms with Gasteiger partial charge in [-0.05, 0) is 48.7 Å². The Morgan fingerprint density at radius 3 is 2.46 bits per heavy atom. The summed E-state index contributed by atoms with van der Waals surface area (Å²) in [4.78, 5) is 31.0. The predicted molar refractivity (Wildman–Crippen MR) is 98.8 cm³/mol. The largest absolute Gasteiger partial charge is 0.354 e. The number of carbonyl (C=O) groups excluding carboxylic acids is 2. The maximum atomic E-state index is 12.7. The normalized spacial score (nSPS) is 15.3. The van der Waals surface area contributed by atoms with E-state index in [1.54, 1.807) is 34.4 Å². The highest BCUT2D eigenvalue weighted by Crippen LogP contribution is 2.23. The van der Waals surface area contributed by atoms with Gasteiger partial charge in [-0.2, -0.15) is 0 Å². The summed E-state index contributed by atoms with van der Waals surface area (Å²) < 4.78 is 2.35. The highest BCUT2D eigenvalue weighted by Gasteiger charge is 2.28. The van der Waals surface area contributed by atoms with Crippen molar-refractivity contribution in [2.45, 2.75) is 32.7 Å². The maximum Gasteiger partial charge on any atom is 0.255 e. The van der Waals surface area contributed by atoms with E-state index in [9.17, 15) is 9.59 Å². The lowest BCUT2D eigenvalue weighted by Crippen LogP contribution is -2.44. The summed E-state index contributed by atoms with van der Waals surface area (Å²) >= 11 is 3.45. The Morgan fingerprint density at radius 2 is 1.88 bits per heavy atom. The molecule has 2 aromatic rings. The van der Waals surface area contributed by atoms with E-state index in [1.165, 1.54) is 0 Å². The van der Waals surface area contributed by atoms with E-state index in [0.717, 1.165) is 0 Å². The second kappa shape index (κ2) is 7.94. The Hall–Kier alpha value is -2.29. The average molecular weight is 421 g/mol. The van der Waals surface area contributed by atoms with Crippen LogP contribution in [0.15, 0.2) is 29.4 Å². The number of likely N-dealkylation sites (tertiary alicyclic amines) is 1. The van der Waals surface area contributed by atoms with Gasteiger partial charge in [-0.25, -0.2) is 4.98 Å². The van der Waals surface area contributed by atoms with Crippen molar-refractivity contribution in [3.8, 4) is 5.82 Å². The van der Waals surface area contributed by atoms with Crippen molar-refractivity contribution in [1.82, 2.24) is 30.0 Å². The topological polar surface area (TPSA) is 93.0 Å². The van der Waals surface area contributed by atoms with Gasteiger partial charge < -0.3 is 10.2 Å². The molecule has 1 aliphatic heterocycles. The van der Waals surface area contributed by atoms with Gasteiger partial charge in [-0.15, -0.1) is 10.2 Å². The molecule has 0 aromatic carbocycles. The summed E-state index contributed by atoms with van der Waals surface area (Å²) in [6, 6.07) is 1.89. The number of aromatic nitrogens is 4. The van der Waals surface area contributed by atoms with E-state index in [1.807, 2.05) is 13.8 Å². The maximum absolute atomic E-state index is 12.7. The van der Waals surface area contributed by atoms with E-state index < -0.39 is 0 Å².